The van der Waals surface area contributed by atoms with Gasteiger partial charge in [0.2, 0.25) is 0 Å². The first kappa shape index (κ1) is 70.3. The summed E-state index contributed by atoms with van der Waals surface area (Å²) >= 11 is 0. The fraction of sp³-hybridized carbons (Fsp3) is 0.940. The Bertz CT molecular complexity index is 943. The molecule has 1 N–H and O–H groups in total. The molecule has 0 radical (unpaired) electrons. The third kappa shape index (κ3) is 54.8. The van der Waals surface area contributed by atoms with Crippen LogP contribution in [0.15, 0.2) is 24.4 Å². The number of hydrogen-bond acceptors (Lipinski definition) is 2. The number of hydrogen-bond donors (Lipinski definition) is 1. The number of rotatable bonds is 58. The van der Waals surface area contributed by atoms with Crippen LogP contribution in [-0.2, 0) is 0 Å². The highest BCUT2D eigenvalue weighted by molar-refractivity contribution is 4.95. The molecule has 0 aliphatic rings. The van der Waals surface area contributed by atoms with Gasteiger partial charge in [-0.05, 0) is 50.9 Å². The molecule has 0 aliphatic heterocycles. The molecule has 0 aliphatic carbocycles. The fourth-order valence-electron chi connectivity index (χ4n) is 11.0. The largest absolute Gasteiger partial charge is 0.310 e. The second kappa shape index (κ2) is 61.5. The molecule has 2 unspecified atom stereocenters. The van der Waals surface area contributed by atoms with E-state index in [-0.39, 0.29) is 0 Å². The molecule has 0 saturated heterocycles. The van der Waals surface area contributed by atoms with Crippen LogP contribution >= 0.6 is 0 Å². The van der Waals surface area contributed by atoms with E-state index in [0.29, 0.717) is 6.04 Å². The molecule has 2 atom stereocenters. The molecule has 0 aromatic heterocycles. The predicted octanol–water partition coefficient (Wildman–Crippen LogP) is 24.6. The topological polar surface area (TPSA) is 15.3 Å². The number of unbranched alkanes of at least 4 members (excludes halogenated alkanes) is 39. The van der Waals surface area contributed by atoms with E-state index < -0.39 is 0 Å². The van der Waals surface area contributed by atoms with Crippen LogP contribution in [0.25, 0.3) is 0 Å². The van der Waals surface area contributed by atoms with Gasteiger partial charge in [-0.15, -0.1) is 0 Å². The van der Waals surface area contributed by atoms with E-state index in [1.54, 1.807) is 0 Å². The Morgan fingerprint density at radius 2 is 0.536 bits per heavy atom. The Hall–Kier alpha value is -0.760. The van der Waals surface area contributed by atoms with Crippen LogP contribution in [0, 0.1) is 5.92 Å². The first-order valence-corrected chi connectivity index (χ1v) is 32.8. The molecule has 0 rings (SSSR count). The van der Waals surface area contributed by atoms with Crippen LogP contribution in [0.5, 0.6) is 0 Å². The monoisotopic (exact) mass is 969 g/mol. The van der Waals surface area contributed by atoms with Crippen molar-refractivity contribution in [2.24, 2.45) is 5.92 Å². The van der Waals surface area contributed by atoms with Crippen molar-refractivity contribution in [3.8, 4) is 0 Å². The molecule has 0 fully saturated rings. The standard InChI is InChI=1S/C52H104N2.C15H32/c1-8-12-15-18-29-35-43-50(6)54(53-7)52(48-40-33-27-26-28-34-42-49(5)41-11-4)47-39-32-25-23-21-20-22-24-31-38-46-51(44-36-17-14-10-3)45-37-30-19-16-13-9-2;1-3-5-7-9-11-13-15-14-12-10-8-6-4-2/h51-53H,5-6,8-48H2,1-4,7H3;3-15H2,1-2H3. The summed E-state index contributed by atoms with van der Waals surface area (Å²) in [6.07, 6.45) is 76.2. The molecule has 414 valence electrons. The summed E-state index contributed by atoms with van der Waals surface area (Å²) in [5.74, 6) is 1.02. The minimum absolute atomic E-state index is 0.599. The lowest BCUT2D eigenvalue weighted by Crippen LogP contribution is -2.42. The molecule has 0 bridgehead atoms. The van der Waals surface area contributed by atoms with Crippen LogP contribution in [0.1, 0.15) is 388 Å². The number of nitrogens with one attached hydrogen (secondary N) is 1. The summed E-state index contributed by atoms with van der Waals surface area (Å²) in [4.78, 5) is 0. The summed E-state index contributed by atoms with van der Waals surface area (Å²) in [5.41, 5.74) is 6.39. The van der Waals surface area contributed by atoms with Gasteiger partial charge in [0.05, 0.1) is 0 Å². The Kier molecular flexibility index (Phi) is 62.7. The van der Waals surface area contributed by atoms with Crippen molar-refractivity contribution < 1.29 is 0 Å². The summed E-state index contributed by atoms with van der Waals surface area (Å²) in [6, 6.07) is 0.599. The quantitative estimate of drug-likeness (QED) is 0.0371. The zero-order valence-electron chi connectivity index (χ0n) is 49.7. The van der Waals surface area contributed by atoms with Gasteiger partial charge in [-0.3, -0.25) is 0 Å². The molecule has 0 aromatic rings. The van der Waals surface area contributed by atoms with Crippen LogP contribution < -0.4 is 5.43 Å². The van der Waals surface area contributed by atoms with E-state index in [1.165, 1.54) is 352 Å². The van der Waals surface area contributed by atoms with Crippen molar-refractivity contribution in [1.29, 1.82) is 0 Å². The number of nitrogens with zero attached hydrogens (tertiary/aromatic N) is 1. The van der Waals surface area contributed by atoms with E-state index in [9.17, 15) is 0 Å². The molecule has 0 saturated carbocycles. The molecule has 0 aromatic carbocycles. The van der Waals surface area contributed by atoms with E-state index >= 15 is 0 Å². The van der Waals surface area contributed by atoms with Gasteiger partial charge in [0.15, 0.2) is 0 Å². The van der Waals surface area contributed by atoms with Gasteiger partial charge in [-0.2, -0.15) is 0 Å². The van der Waals surface area contributed by atoms with Gasteiger partial charge >= 0.3 is 0 Å². The fourth-order valence-corrected chi connectivity index (χ4v) is 11.0. The lowest BCUT2D eigenvalue weighted by Gasteiger charge is -2.35. The molecule has 2 heteroatoms. The van der Waals surface area contributed by atoms with Gasteiger partial charge in [-0.1, -0.05) is 362 Å². The zero-order chi connectivity index (χ0) is 50.8. The Morgan fingerprint density at radius 3 is 0.826 bits per heavy atom. The third-order valence-corrected chi connectivity index (χ3v) is 15.7. The minimum Gasteiger partial charge on any atom is -0.310 e. The number of allylic oxidation sites excluding steroid dienone is 2. The average Bonchev–Trinajstić information content (AvgIpc) is 3.35. The van der Waals surface area contributed by atoms with E-state index in [0.717, 1.165) is 12.3 Å². The summed E-state index contributed by atoms with van der Waals surface area (Å²) in [7, 11) is 2.13. The Balaban J connectivity index is 0. The van der Waals surface area contributed by atoms with Crippen LogP contribution in [0.4, 0.5) is 0 Å². The van der Waals surface area contributed by atoms with E-state index in [4.69, 9.17) is 0 Å². The maximum Gasteiger partial charge on any atom is 0.0451 e. The highest BCUT2D eigenvalue weighted by Gasteiger charge is 2.18. The lowest BCUT2D eigenvalue weighted by atomic mass is 9.89. The molecular weight excluding hydrogens is 833 g/mol. The van der Waals surface area contributed by atoms with E-state index in [1.807, 2.05) is 0 Å². The molecule has 0 heterocycles. The average molecular weight is 970 g/mol. The van der Waals surface area contributed by atoms with Crippen LogP contribution in [0.3, 0.4) is 0 Å². The molecule has 69 heavy (non-hydrogen) atoms. The van der Waals surface area contributed by atoms with Crippen molar-refractivity contribution in [2.45, 2.75) is 394 Å². The SMILES string of the molecule is C=C(CCC)CCCCCCCCC(CCCCCCCCCCCCC(CCCCCC)CCCCCCCC)N(NC)C(=C)CCCCCCCC.CCCCCCCCCCCCCCC. The summed E-state index contributed by atoms with van der Waals surface area (Å²) in [6.45, 7) is 22.7. The smallest absolute Gasteiger partial charge is 0.0451 e. The summed E-state index contributed by atoms with van der Waals surface area (Å²) < 4.78 is 0. The molecule has 0 amide bonds. The first-order valence-electron chi connectivity index (χ1n) is 32.8. The van der Waals surface area contributed by atoms with E-state index in [2.05, 4.69) is 72.2 Å². The van der Waals surface area contributed by atoms with Gasteiger partial charge in [0, 0.05) is 18.8 Å². The maximum absolute atomic E-state index is 4.60. The third-order valence-electron chi connectivity index (χ3n) is 15.7. The Morgan fingerprint density at radius 1 is 0.290 bits per heavy atom. The normalized spacial score (nSPS) is 12.3. The van der Waals surface area contributed by atoms with Crippen molar-refractivity contribution in [3.05, 3.63) is 24.4 Å². The van der Waals surface area contributed by atoms with Gasteiger partial charge in [0.1, 0.15) is 0 Å². The zero-order valence-corrected chi connectivity index (χ0v) is 49.7. The molecular formula is C67H136N2. The van der Waals surface area contributed by atoms with Gasteiger partial charge in [0.25, 0.3) is 0 Å². The maximum atomic E-state index is 4.60. The van der Waals surface area contributed by atoms with Crippen molar-refractivity contribution in [1.82, 2.24) is 10.4 Å². The van der Waals surface area contributed by atoms with Crippen LogP contribution in [0.2, 0.25) is 0 Å². The molecule has 0 spiro atoms. The highest BCUT2D eigenvalue weighted by Crippen LogP contribution is 2.26. The molecule has 2 nitrogen and oxygen atoms in total. The highest BCUT2D eigenvalue weighted by atomic mass is 15.5. The van der Waals surface area contributed by atoms with Crippen molar-refractivity contribution >= 4 is 0 Å². The second-order valence-corrected chi connectivity index (χ2v) is 22.8. The lowest BCUT2D eigenvalue weighted by molar-refractivity contribution is 0.160. The predicted molar refractivity (Wildman–Crippen MR) is 320 cm³/mol. The summed E-state index contributed by atoms with van der Waals surface area (Å²) in [5, 5.41) is 2.49. The first-order chi connectivity index (χ1) is 33.9. The minimum atomic E-state index is 0.599. The van der Waals surface area contributed by atoms with Crippen LogP contribution in [-0.4, -0.2) is 18.1 Å². The second-order valence-electron chi connectivity index (χ2n) is 22.8. The van der Waals surface area contributed by atoms with Gasteiger partial charge < -0.3 is 5.01 Å². The van der Waals surface area contributed by atoms with Crippen molar-refractivity contribution in [2.75, 3.05) is 7.05 Å². The van der Waals surface area contributed by atoms with Gasteiger partial charge in [-0.25, -0.2) is 5.43 Å². The number of hydrazine groups is 1. The van der Waals surface area contributed by atoms with Crippen molar-refractivity contribution in [3.63, 3.8) is 0 Å². The Labute approximate surface area is 440 Å².